The molecule has 0 saturated carbocycles. The molecular weight excluding hydrogens is 254 g/mol. The Hall–Kier alpha value is -2.33. The molecule has 0 saturated heterocycles. The molecule has 0 fully saturated rings. The van der Waals surface area contributed by atoms with Crippen LogP contribution in [0.15, 0.2) is 59.8 Å². The zero-order chi connectivity index (χ0) is 14.2. The number of rotatable bonds is 6. The van der Waals surface area contributed by atoms with E-state index in [1.165, 1.54) is 7.11 Å². The van der Waals surface area contributed by atoms with E-state index in [1.807, 2.05) is 54.6 Å². The van der Waals surface area contributed by atoms with Gasteiger partial charge in [0.25, 0.3) is 0 Å². The second-order valence-electron chi connectivity index (χ2n) is 4.18. The third-order valence-corrected chi connectivity index (χ3v) is 2.79. The Morgan fingerprint density at radius 2 is 1.75 bits per heavy atom. The second-order valence-corrected chi connectivity index (χ2v) is 4.18. The Morgan fingerprint density at radius 3 is 2.35 bits per heavy atom. The van der Waals surface area contributed by atoms with Crippen molar-refractivity contribution >= 4 is 5.71 Å². The summed E-state index contributed by atoms with van der Waals surface area (Å²) in [6.45, 7) is 0.344. The van der Waals surface area contributed by atoms with E-state index in [-0.39, 0.29) is 6.61 Å². The van der Waals surface area contributed by atoms with Gasteiger partial charge in [-0.2, -0.15) is 0 Å². The number of ether oxygens (including phenoxy) is 1. The summed E-state index contributed by atoms with van der Waals surface area (Å²) in [5.41, 5.74) is 2.53. The van der Waals surface area contributed by atoms with Gasteiger partial charge >= 0.3 is 0 Å². The van der Waals surface area contributed by atoms with Crippen molar-refractivity contribution in [2.45, 2.75) is 6.61 Å². The lowest BCUT2D eigenvalue weighted by molar-refractivity contribution is 0.210. The van der Waals surface area contributed by atoms with Gasteiger partial charge in [-0.05, 0) is 17.7 Å². The molecule has 0 radical (unpaired) electrons. The van der Waals surface area contributed by atoms with E-state index in [2.05, 4.69) is 5.16 Å². The second kappa shape index (κ2) is 7.31. The monoisotopic (exact) mass is 271 g/mol. The van der Waals surface area contributed by atoms with Crippen molar-refractivity contribution < 1.29 is 14.7 Å². The van der Waals surface area contributed by atoms with Gasteiger partial charge in [0.15, 0.2) is 0 Å². The van der Waals surface area contributed by atoms with Crippen molar-refractivity contribution in [1.82, 2.24) is 0 Å². The van der Waals surface area contributed by atoms with Crippen LogP contribution >= 0.6 is 0 Å². The predicted octanol–water partition coefficient (Wildman–Crippen LogP) is 2.61. The molecule has 4 heteroatoms. The van der Waals surface area contributed by atoms with Crippen LogP contribution in [0.25, 0.3) is 0 Å². The maximum absolute atomic E-state index is 8.99. The Morgan fingerprint density at radius 1 is 1.05 bits per heavy atom. The first-order valence-corrected chi connectivity index (χ1v) is 6.31. The molecule has 0 spiro atoms. The molecule has 20 heavy (non-hydrogen) atoms. The average Bonchev–Trinajstić information content (AvgIpc) is 2.53. The van der Waals surface area contributed by atoms with Gasteiger partial charge < -0.3 is 14.7 Å². The quantitative estimate of drug-likeness (QED) is 0.649. The minimum Gasteiger partial charge on any atom is -0.487 e. The van der Waals surface area contributed by atoms with Gasteiger partial charge in [0.1, 0.15) is 25.2 Å². The molecule has 4 nitrogen and oxygen atoms in total. The Kier molecular flexibility index (Phi) is 5.15. The Balaban J connectivity index is 2.04. The van der Waals surface area contributed by atoms with E-state index in [4.69, 9.17) is 14.7 Å². The molecule has 0 atom stereocenters. The molecule has 0 heterocycles. The van der Waals surface area contributed by atoms with Gasteiger partial charge in [0.2, 0.25) is 0 Å². The fourth-order valence-electron chi connectivity index (χ4n) is 1.75. The van der Waals surface area contributed by atoms with Crippen LogP contribution in [0.4, 0.5) is 0 Å². The van der Waals surface area contributed by atoms with Crippen molar-refractivity contribution in [2.75, 3.05) is 13.7 Å². The minimum absolute atomic E-state index is 0.0285. The lowest BCUT2D eigenvalue weighted by atomic mass is 10.1. The predicted molar refractivity (Wildman–Crippen MR) is 77.8 cm³/mol. The molecule has 2 rings (SSSR count). The molecule has 0 unspecified atom stereocenters. The molecule has 1 N–H and O–H groups in total. The van der Waals surface area contributed by atoms with Crippen LogP contribution in [0.2, 0.25) is 0 Å². The van der Waals surface area contributed by atoms with Gasteiger partial charge in [0.05, 0.1) is 6.61 Å². The molecule has 0 aliphatic heterocycles. The highest BCUT2D eigenvalue weighted by molar-refractivity contribution is 6.01. The molecule has 0 amide bonds. The summed E-state index contributed by atoms with van der Waals surface area (Å²) in [5.74, 6) is 0.724. The SMILES string of the molecule is CO/N=C(/COc1ccc(CO)cc1)c1ccccc1. The molecule has 0 bridgehead atoms. The number of aliphatic hydroxyl groups excluding tert-OH is 1. The summed E-state index contributed by atoms with van der Waals surface area (Å²) in [7, 11) is 1.51. The first kappa shape index (κ1) is 14.1. The summed E-state index contributed by atoms with van der Waals surface area (Å²) >= 11 is 0. The summed E-state index contributed by atoms with van der Waals surface area (Å²) < 4.78 is 5.68. The topological polar surface area (TPSA) is 51.0 Å². The normalized spacial score (nSPS) is 11.2. The van der Waals surface area contributed by atoms with Gasteiger partial charge in [-0.1, -0.05) is 47.6 Å². The summed E-state index contributed by atoms with van der Waals surface area (Å²) in [4.78, 5) is 4.86. The maximum Gasteiger partial charge on any atom is 0.134 e. The van der Waals surface area contributed by atoms with E-state index in [0.717, 1.165) is 22.6 Å². The van der Waals surface area contributed by atoms with Crippen LogP contribution in [0.3, 0.4) is 0 Å². The fourth-order valence-corrected chi connectivity index (χ4v) is 1.75. The number of hydrogen-bond acceptors (Lipinski definition) is 4. The van der Waals surface area contributed by atoms with Crippen LogP contribution in [0, 0.1) is 0 Å². The van der Waals surface area contributed by atoms with Crippen molar-refractivity contribution in [3.63, 3.8) is 0 Å². The number of benzene rings is 2. The molecule has 104 valence electrons. The molecule has 0 aromatic heterocycles. The van der Waals surface area contributed by atoms with Crippen LogP contribution < -0.4 is 4.74 Å². The highest BCUT2D eigenvalue weighted by Crippen LogP contribution is 2.13. The number of hydrogen-bond donors (Lipinski definition) is 1. The van der Waals surface area contributed by atoms with Gasteiger partial charge in [-0.25, -0.2) is 0 Å². The van der Waals surface area contributed by atoms with Crippen LogP contribution in [-0.4, -0.2) is 24.5 Å². The highest BCUT2D eigenvalue weighted by Gasteiger charge is 2.05. The van der Waals surface area contributed by atoms with Crippen LogP contribution in [-0.2, 0) is 11.4 Å². The van der Waals surface area contributed by atoms with E-state index in [0.29, 0.717) is 6.61 Å². The number of nitrogens with zero attached hydrogens (tertiary/aromatic N) is 1. The van der Waals surface area contributed by atoms with E-state index in [1.54, 1.807) is 0 Å². The van der Waals surface area contributed by atoms with Gasteiger partial charge in [-0.3, -0.25) is 0 Å². The molecule has 0 aliphatic carbocycles. The highest BCUT2D eigenvalue weighted by atomic mass is 16.6. The summed E-state index contributed by atoms with van der Waals surface area (Å²) in [5, 5.41) is 13.0. The zero-order valence-corrected chi connectivity index (χ0v) is 11.3. The Bertz CT molecular complexity index is 550. The molecule has 2 aromatic carbocycles. The minimum atomic E-state index is 0.0285. The number of aliphatic hydroxyl groups is 1. The van der Waals surface area contributed by atoms with Crippen molar-refractivity contribution in [2.24, 2.45) is 5.16 Å². The fraction of sp³-hybridized carbons (Fsp3) is 0.188. The van der Waals surface area contributed by atoms with Gasteiger partial charge in [-0.15, -0.1) is 0 Å². The van der Waals surface area contributed by atoms with Crippen LogP contribution in [0.5, 0.6) is 5.75 Å². The molecular formula is C16H17NO3. The first-order valence-electron chi connectivity index (χ1n) is 6.31. The average molecular weight is 271 g/mol. The van der Waals surface area contributed by atoms with E-state index >= 15 is 0 Å². The smallest absolute Gasteiger partial charge is 0.134 e. The van der Waals surface area contributed by atoms with Crippen LogP contribution in [0.1, 0.15) is 11.1 Å². The zero-order valence-electron chi connectivity index (χ0n) is 11.3. The number of oxime groups is 1. The molecule has 0 aliphatic rings. The van der Waals surface area contributed by atoms with Crippen molar-refractivity contribution in [1.29, 1.82) is 0 Å². The van der Waals surface area contributed by atoms with Crippen molar-refractivity contribution in [3.8, 4) is 5.75 Å². The summed E-state index contributed by atoms with van der Waals surface area (Å²) in [6, 6.07) is 17.0. The largest absolute Gasteiger partial charge is 0.487 e. The Labute approximate surface area is 118 Å². The van der Waals surface area contributed by atoms with E-state index < -0.39 is 0 Å². The molecule has 2 aromatic rings. The maximum atomic E-state index is 8.99. The van der Waals surface area contributed by atoms with Gasteiger partial charge in [0, 0.05) is 5.56 Å². The summed E-state index contributed by atoms with van der Waals surface area (Å²) in [6.07, 6.45) is 0. The lowest BCUT2D eigenvalue weighted by Gasteiger charge is -2.09. The first-order chi connectivity index (χ1) is 9.83. The lowest BCUT2D eigenvalue weighted by Crippen LogP contribution is -2.13. The van der Waals surface area contributed by atoms with E-state index in [9.17, 15) is 0 Å². The van der Waals surface area contributed by atoms with Crippen molar-refractivity contribution in [3.05, 3.63) is 65.7 Å². The third kappa shape index (κ3) is 3.83. The third-order valence-electron chi connectivity index (χ3n) is 2.79. The standard InChI is InChI=1S/C16H17NO3/c1-19-17-16(14-5-3-2-4-6-14)12-20-15-9-7-13(11-18)8-10-15/h2-10,18H,11-12H2,1H3/b17-16-.